The molecular weight excluding hydrogens is 338 g/mol. The highest BCUT2D eigenvalue weighted by molar-refractivity contribution is 7.85. The number of azo groups is 1. The molecule has 0 aromatic heterocycles. The molecule has 0 saturated carbocycles. The number of nitrogens with two attached hydrogens (primary N) is 1. The molecule has 0 bridgehead atoms. The molecule has 0 amide bonds. The lowest BCUT2D eigenvalue weighted by atomic mass is 10.00. The van der Waals surface area contributed by atoms with Gasteiger partial charge in [0.2, 0.25) is 0 Å². The van der Waals surface area contributed by atoms with Gasteiger partial charge in [-0.15, -0.1) is 0 Å². The first kappa shape index (κ1) is 19.1. The number of rotatable bonds is 7. The van der Waals surface area contributed by atoms with E-state index in [1.807, 2.05) is 19.1 Å². The number of unbranched alkanes of at least 4 members (excludes halogenated alkanes) is 1. The van der Waals surface area contributed by atoms with Crippen molar-refractivity contribution >= 4 is 27.2 Å². The number of hydrogen-bond acceptors (Lipinski definition) is 5. The van der Waals surface area contributed by atoms with Crippen molar-refractivity contribution in [2.75, 3.05) is 5.73 Å². The van der Waals surface area contributed by atoms with E-state index >= 15 is 0 Å². The molecule has 0 unspecified atom stereocenters. The van der Waals surface area contributed by atoms with E-state index in [9.17, 15) is 8.42 Å². The molecule has 0 saturated heterocycles. The average Bonchev–Trinajstić information content (AvgIpc) is 2.59. The van der Waals surface area contributed by atoms with Crippen LogP contribution < -0.4 is 5.73 Å². The quantitative estimate of drug-likeness (QED) is 0.418. The average molecular weight is 361 g/mol. The fourth-order valence-electron chi connectivity index (χ4n) is 2.48. The molecule has 0 radical (unpaired) electrons. The van der Waals surface area contributed by atoms with Gasteiger partial charge in [0.1, 0.15) is 0 Å². The van der Waals surface area contributed by atoms with Crippen molar-refractivity contribution in [2.24, 2.45) is 10.2 Å². The van der Waals surface area contributed by atoms with Crippen LogP contribution in [0.3, 0.4) is 0 Å². The number of aryl methyl sites for hydroxylation is 2. The maximum atomic E-state index is 11.0. The second-order valence-corrected chi connectivity index (χ2v) is 7.23. The van der Waals surface area contributed by atoms with Gasteiger partial charge in [-0.2, -0.15) is 18.6 Å². The monoisotopic (exact) mass is 361 g/mol. The Kier molecular flexibility index (Phi) is 6.27. The zero-order chi connectivity index (χ0) is 18.4. The molecule has 134 valence electrons. The number of nitrogens with zero attached hydrogens (tertiary/aromatic N) is 2. The van der Waals surface area contributed by atoms with Crippen LogP contribution in [0.15, 0.2) is 51.5 Å². The summed E-state index contributed by atoms with van der Waals surface area (Å²) in [6, 6.07) is 9.42. The van der Waals surface area contributed by atoms with Crippen LogP contribution in [-0.4, -0.2) is 13.0 Å². The summed E-state index contributed by atoms with van der Waals surface area (Å²) in [6.07, 6.45) is 3.87. The molecule has 2 aromatic rings. The van der Waals surface area contributed by atoms with Crippen LogP contribution in [0, 0.1) is 0 Å². The molecule has 2 aromatic carbocycles. The Hall–Kier alpha value is -2.25. The third kappa shape index (κ3) is 5.11. The van der Waals surface area contributed by atoms with Crippen molar-refractivity contribution in [3.05, 3.63) is 47.5 Å². The van der Waals surface area contributed by atoms with Crippen molar-refractivity contribution < 1.29 is 13.0 Å². The molecular formula is C18H23N3O3S. The SMILES string of the molecule is CCCCc1cc(/N=N/c2ccc(S(=O)(=O)O)cc2)cc(CC)c1N. The standard InChI is InChI=1S/C18H23N3O3S/c1-3-5-6-14-12-16(11-13(4-2)18(14)19)21-20-15-7-9-17(10-8-15)25(22,23)24/h7-12H,3-6,19H2,1-2H3,(H,22,23,24)/b21-20+. The molecule has 6 nitrogen and oxygen atoms in total. The lowest BCUT2D eigenvalue weighted by Gasteiger charge is -2.11. The van der Waals surface area contributed by atoms with E-state index in [-0.39, 0.29) is 4.90 Å². The first-order valence-electron chi connectivity index (χ1n) is 8.25. The zero-order valence-electron chi connectivity index (χ0n) is 14.4. The van der Waals surface area contributed by atoms with Crippen molar-refractivity contribution in [2.45, 2.75) is 44.4 Å². The van der Waals surface area contributed by atoms with E-state index in [0.29, 0.717) is 5.69 Å². The Balaban J connectivity index is 2.28. The van der Waals surface area contributed by atoms with Crippen LogP contribution in [0.1, 0.15) is 37.8 Å². The fraction of sp³-hybridized carbons (Fsp3) is 0.333. The maximum absolute atomic E-state index is 11.0. The Labute approximate surface area is 148 Å². The summed E-state index contributed by atoms with van der Waals surface area (Å²) in [6.45, 7) is 4.18. The molecule has 0 aliphatic carbocycles. The summed E-state index contributed by atoms with van der Waals surface area (Å²) in [5.41, 5.74) is 10.4. The Morgan fingerprint density at radius 1 is 1.00 bits per heavy atom. The summed E-state index contributed by atoms with van der Waals surface area (Å²) in [5, 5.41) is 8.38. The molecule has 0 spiro atoms. The summed E-state index contributed by atoms with van der Waals surface area (Å²) >= 11 is 0. The third-order valence-corrected chi connectivity index (χ3v) is 4.80. The maximum Gasteiger partial charge on any atom is 0.294 e. The Morgan fingerprint density at radius 3 is 2.16 bits per heavy atom. The van der Waals surface area contributed by atoms with E-state index < -0.39 is 10.1 Å². The smallest absolute Gasteiger partial charge is 0.294 e. The first-order valence-corrected chi connectivity index (χ1v) is 9.69. The van der Waals surface area contributed by atoms with Gasteiger partial charge in [0.25, 0.3) is 10.1 Å². The van der Waals surface area contributed by atoms with Crippen molar-refractivity contribution in [3.8, 4) is 0 Å². The van der Waals surface area contributed by atoms with E-state index in [1.54, 1.807) is 0 Å². The molecule has 3 N–H and O–H groups in total. The van der Waals surface area contributed by atoms with Crippen molar-refractivity contribution in [1.82, 2.24) is 0 Å². The summed E-state index contributed by atoms with van der Waals surface area (Å²) in [5.74, 6) is 0. The highest BCUT2D eigenvalue weighted by atomic mass is 32.2. The minimum Gasteiger partial charge on any atom is -0.398 e. The van der Waals surface area contributed by atoms with Crippen LogP contribution in [0.2, 0.25) is 0 Å². The molecule has 2 rings (SSSR count). The van der Waals surface area contributed by atoms with Gasteiger partial charge in [0.15, 0.2) is 0 Å². The van der Waals surface area contributed by atoms with Crippen LogP contribution in [0.4, 0.5) is 17.1 Å². The van der Waals surface area contributed by atoms with Crippen LogP contribution in [-0.2, 0) is 23.0 Å². The van der Waals surface area contributed by atoms with Crippen molar-refractivity contribution in [1.29, 1.82) is 0 Å². The van der Waals surface area contributed by atoms with Gasteiger partial charge < -0.3 is 5.73 Å². The van der Waals surface area contributed by atoms with Gasteiger partial charge in [-0.1, -0.05) is 20.3 Å². The molecule has 0 aliphatic heterocycles. The second-order valence-electron chi connectivity index (χ2n) is 5.80. The largest absolute Gasteiger partial charge is 0.398 e. The third-order valence-electron chi connectivity index (χ3n) is 3.93. The molecule has 7 heteroatoms. The normalized spacial score (nSPS) is 12.0. The minimum atomic E-state index is -4.20. The van der Waals surface area contributed by atoms with Crippen LogP contribution in [0.5, 0.6) is 0 Å². The Bertz CT molecular complexity index is 860. The summed E-state index contributed by atoms with van der Waals surface area (Å²) in [7, 11) is -4.20. The highest BCUT2D eigenvalue weighted by Crippen LogP contribution is 2.28. The van der Waals surface area contributed by atoms with Gasteiger partial charge in [-0.05, 0) is 66.8 Å². The molecule has 0 aliphatic rings. The summed E-state index contributed by atoms with van der Waals surface area (Å²) < 4.78 is 31.1. The highest BCUT2D eigenvalue weighted by Gasteiger charge is 2.09. The topological polar surface area (TPSA) is 105 Å². The van der Waals surface area contributed by atoms with Crippen molar-refractivity contribution in [3.63, 3.8) is 0 Å². The van der Waals surface area contributed by atoms with Gasteiger partial charge in [-0.25, -0.2) is 0 Å². The lowest BCUT2D eigenvalue weighted by Crippen LogP contribution is -1.99. The van der Waals surface area contributed by atoms with Gasteiger partial charge in [-0.3, -0.25) is 4.55 Å². The van der Waals surface area contributed by atoms with Gasteiger partial charge >= 0.3 is 0 Å². The number of nitrogen functional groups attached to an aromatic ring is 1. The lowest BCUT2D eigenvalue weighted by molar-refractivity contribution is 0.483. The summed E-state index contributed by atoms with van der Waals surface area (Å²) in [4.78, 5) is -0.172. The van der Waals surface area contributed by atoms with Crippen LogP contribution >= 0.6 is 0 Å². The second kappa shape index (κ2) is 8.22. The molecule has 0 atom stereocenters. The van der Waals surface area contributed by atoms with E-state index in [2.05, 4.69) is 17.2 Å². The molecule has 0 fully saturated rings. The predicted octanol–water partition coefficient (Wildman–Crippen LogP) is 4.84. The van der Waals surface area contributed by atoms with E-state index in [4.69, 9.17) is 10.3 Å². The van der Waals surface area contributed by atoms with E-state index in [1.165, 1.54) is 24.3 Å². The molecule has 0 heterocycles. The fourth-order valence-corrected chi connectivity index (χ4v) is 2.96. The van der Waals surface area contributed by atoms with Gasteiger partial charge in [0.05, 0.1) is 16.3 Å². The number of hydrogen-bond donors (Lipinski definition) is 2. The minimum absolute atomic E-state index is 0.172. The van der Waals surface area contributed by atoms with Gasteiger partial charge in [0, 0.05) is 5.69 Å². The number of anilines is 1. The first-order chi connectivity index (χ1) is 11.8. The van der Waals surface area contributed by atoms with Crippen LogP contribution in [0.25, 0.3) is 0 Å². The Morgan fingerprint density at radius 2 is 1.60 bits per heavy atom. The number of benzene rings is 2. The van der Waals surface area contributed by atoms with E-state index in [0.717, 1.165) is 48.2 Å². The predicted molar refractivity (Wildman–Crippen MR) is 99.3 cm³/mol. The zero-order valence-corrected chi connectivity index (χ0v) is 15.3. The molecule has 25 heavy (non-hydrogen) atoms.